The molecule has 3 rings (SSSR count). The smallest absolute Gasteiger partial charge is 0.244 e. The minimum absolute atomic E-state index is 0. The Labute approximate surface area is 163 Å². The van der Waals surface area contributed by atoms with Crippen LogP contribution >= 0.6 is 24.8 Å². The van der Waals surface area contributed by atoms with E-state index < -0.39 is 6.04 Å². The van der Waals surface area contributed by atoms with Gasteiger partial charge in [-0.25, -0.2) is 0 Å². The number of piperidine rings is 1. The number of benzene rings is 1. The maximum atomic E-state index is 12.7. The minimum Gasteiger partial charge on any atom is -0.341 e. The molecule has 142 valence electrons. The van der Waals surface area contributed by atoms with E-state index in [1.54, 1.807) is 0 Å². The zero-order chi connectivity index (χ0) is 16.2. The Morgan fingerprint density at radius 1 is 1.12 bits per heavy atom. The van der Waals surface area contributed by atoms with Crippen LogP contribution < -0.4 is 5.73 Å². The summed E-state index contributed by atoms with van der Waals surface area (Å²) in [6.07, 6.45) is 5.14. The van der Waals surface area contributed by atoms with Crippen LogP contribution in [0, 0.1) is 12.8 Å². The molecule has 0 saturated carbocycles. The predicted molar refractivity (Wildman–Crippen MR) is 108 cm³/mol. The number of nitrogens with zero attached hydrogens (tertiary/aromatic N) is 2. The second-order valence-electron chi connectivity index (χ2n) is 7.19. The fourth-order valence-corrected chi connectivity index (χ4v) is 3.80. The summed E-state index contributed by atoms with van der Waals surface area (Å²) in [4.78, 5) is 17.2. The SMILES string of the molecule is Cc1ccc(C(N)C(=O)N2CCC(CN3CCCCC3)C2)cc1.Cl.Cl. The van der Waals surface area contributed by atoms with Gasteiger partial charge in [-0.05, 0) is 50.8 Å². The van der Waals surface area contributed by atoms with Crippen LogP contribution in [0.2, 0.25) is 0 Å². The molecule has 2 aliphatic rings. The molecule has 2 unspecified atom stereocenters. The Kier molecular flexibility index (Phi) is 9.22. The molecule has 2 N–H and O–H groups in total. The predicted octanol–water partition coefficient (Wildman–Crippen LogP) is 3.17. The largest absolute Gasteiger partial charge is 0.341 e. The van der Waals surface area contributed by atoms with E-state index in [4.69, 9.17) is 5.73 Å². The van der Waals surface area contributed by atoms with E-state index in [2.05, 4.69) is 4.90 Å². The van der Waals surface area contributed by atoms with Gasteiger partial charge in [-0.1, -0.05) is 36.2 Å². The molecule has 6 heteroatoms. The molecular weight excluding hydrogens is 357 g/mol. The lowest BCUT2D eigenvalue weighted by molar-refractivity contribution is -0.131. The number of hydrogen-bond donors (Lipinski definition) is 1. The van der Waals surface area contributed by atoms with E-state index in [9.17, 15) is 4.79 Å². The van der Waals surface area contributed by atoms with E-state index in [1.807, 2.05) is 36.1 Å². The Bertz CT molecular complexity index is 532. The Hall–Kier alpha value is -0.810. The van der Waals surface area contributed by atoms with Crippen molar-refractivity contribution in [1.82, 2.24) is 9.80 Å². The summed E-state index contributed by atoms with van der Waals surface area (Å²) in [5, 5.41) is 0. The van der Waals surface area contributed by atoms with Crippen molar-refractivity contribution >= 4 is 30.7 Å². The van der Waals surface area contributed by atoms with Gasteiger partial charge >= 0.3 is 0 Å². The van der Waals surface area contributed by atoms with Crippen molar-refractivity contribution in [1.29, 1.82) is 0 Å². The van der Waals surface area contributed by atoms with Crippen LogP contribution in [0.3, 0.4) is 0 Å². The molecule has 2 fully saturated rings. The fraction of sp³-hybridized carbons (Fsp3) is 0.632. The molecule has 25 heavy (non-hydrogen) atoms. The third-order valence-electron chi connectivity index (χ3n) is 5.27. The number of aryl methyl sites for hydroxylation is 1. The zero-order valence-electron chi connectivity index (χ0n) is 15.0. The minimum atomic E-state index is -0.524. The molecule has 0 spiro atoms. The fourth-order valence-electron chi connectivity index (χ4n) is 3.80. The highest BCUT2D eigenvalue weighted by molar-refractivity contribution is 5.85. The average Bonchev–Trinajstić information content (AvgIpc) is 3.03. The van der Waals surface area contributed by atoms with Gasteiger partial charge in [-0.3, -0.25) is 4.79 Å². The summed E-state index contributed by atoms with van der Waals surface area (Å²) in [6.45, 7) is 7.37. The van der Waals surface area contributed by atoms with Crippen molar-refractivity contribution in [2.75, 3.05) is 32.7 Å². The molecule has 0 aromatic heterocycles. The van der Waals surface area contributed by atoms with Gasteiger partial charge in [-0.2, -0.15) is 0 Å². The third kappa shape index (κ3) is 5.85. The Morgan fingerprint density at radius 3 is 2.40 bits per heavy atom. The zero-order valence-corrected chi connectivity index (χ0v) is 16.7. The van der Waals surface area contributed by atoms with E-state index in [-0.39, 0.29) is 30.7 Å². The molecule has 0 radical (unpaired) electrons. The van der Waals surface area contributed by atoms with Gasteiger partial charge in [0.25, 0.3) is 0 Å². The molecule has 2 heterocycles. The van der Waals surface area contributed by atoms with Gasteiger partial charge in [0.2, 0.25) is 5.91 Å². The van der Waals surface area contributed by atoms with Gasteiger partial charge in [-0.15, -0.1) is 24.8 Å². The lowest BCUT2D eigenvalue weighted by Crippen LogP contribution is -2.39. The highest BCUT2D eigenvalue weighted by atomic mass is 35.5. The number of amides is 1. The first-order valence-electron chi connectivity index (χ1n) is 8.97. The number of carbonyl (C=O) groups is 1. The van der Waals surface area contributed by atoms with E-state index in [0.29, 0.717) is 5.92 Å². The average molecular weight is 388 g/mol. The van der Waals surface area contributed by atoms with E-state index in [1.165, 1.54) is 37.9 Å². The van der Waals surface area contributed by atoms with Crippen LogP contribution in [0.25, 0.3) is 0 Å². The van der Waals surface area contributed by atoms with Crippen LogP contribution in [0.15, 0.2) is 24.3 Å². The quantitative estimate of drug-likeness (QED) is 0.862. The maximum Gasteiger partial charge on any atom is 0.244 e. The molecule has 0 aliphatic carbocycles. The molecule has 1 amide bonds. The molecule has 1 aromatic carbocycles. The first-order valence-corrected chi connectivity index (χ1v) is 8.97. The summed E-state index contributed by atoms with van der Waals surface area (Å²) >= 11 is 0. The summed E-state index contributed by atoms with van der Waals surface area (Å²) in [5.41, 5.74) is 8.30. The topological polar surface area (TPSA) is 49.6 Å². The second kappa shape index (κ2) is 10.4. The van der Waals surface area contributed by atoms with Crippen molar-refractivity contribution in [3.63, 3.8) is 0 Å². The van der Waals surface area contributed by atoms with Crippen molar-refractivity contribution in [2.45, 2.75) is 38.6 Å². The standard InChI is InChI=1S/C19H29N3O.2ClH/c1-15-5-7-17(8-6-15)18(20)19(23)22-12-9-16(14-22)13-21-10-3-2-4-11-21;;/h5-8,16,18H,2-4,9-14,20H2,1H3;2*1H. The van der Waals surface area contributed by atoms with Crippen molar-refractivity contribution in [2.24, 2.45) is 11.7 Å². The normalized spacial score (nSPS) is 22.0. The highest BCUT2D eigenvalue weighted by Gasteiger charge is 2.31. The molecular formula is C19H31Cl2N3O. The highest BCUT2D eigenvalue weighted by Crippen LogP contribution is 2.23. The van der Waals surface area contributed by atoms with Crippen molar-refractivity contribution in [3.8, 4) is 0 Å². The molecule has 0 bridgehead atoms. The van der Waals surface area contributed by atoms with Crippen LogP contribution in [0.1, 0.15) is 42.9 Å². The van der Waals surface area contributed by atoms with E-state index >= 15 is 0 Å². The Balaban J connectivity index is 0.00000156. The summed E-state index contributed by atoms with van der Waals surface area (Å²) in [5.74, 6) is 0.692. The first kappa shape index (κ1) is 22.2. The van der Waals surface area contributed by atoms with Gasteiger partial charge < -0.3 is 15.5 Å². The van der Waals surface area contributed by atoms with Crippen LogP contribution in [-0.2, 0) is 4.79 Å². The molecule has 2 aliphatic heterocycles. The van der Waals surface area contributed by atoms with Crippen molar-refractivity contribution in [3.05, 3.63) is 35.4 Å². The Morgan fingerprint density at radius 2 is 1.76 bits per heavy atom. The molecule has 2 saturated heterocycles. The van der Waals surface area contributed by atoms with Crippen LogP contribution in [-0.4, -0.2) is 48.4 Å². The monoisotopic (exact) mass is 387 g/mol. The molecule has 4 nitrogen and oxygen atoms in total. The van der Waals surface area contributed by atoms with Gasteiger partial charge in [0, 0.05) is 19.6 Å². The van der Waals surface area contributed by atoms with Gasteiger partial charge in [0.1, 0.15) is 6.04 Å². The number of likely N-dealkylation sites (tertiary alicyclic amines) is 2. The first-order chi connectivity index (χ1) is 11.1. The lowest BCUT2D eigenvalue weighted by Gasteiger charge is -2.29. The van der Waals surface area contributed by atoms with Crippen molar-refractivity contribution < 1.29 is 4.79 Å². The molecule has 2 atom stereocenters. The van der Waals surface area contributed by atoms with Gasteiger partial charge in [0.15, 0.2) is 0 Å². The number of rotatable bonds is 4. The number of nitrogens with two attached hydrogens (primary N) is 1. The summed E-state index contributed by atoms with van der Waals surface area (Å²) in [6, 6.07) is 7.46. The molecule has 1 aromatic rings. The second-order valence-corrected chi connectivity index (χ2v) is 7.19. The summed E-state index contributed by atoms with van der Waals surface area (Å²) < 4.78 is 0. The third-order valence-corrected chi connectivity index (χ3v) is 5.27. The van der Waals surface area contributed by atoms with Crippen LogP contribution in [0.4, 0.5) is 0 Å². The number of carbonyl (C=O) groups excluding carboxylic acids is 1. The number of halogens is 2. The number of hydrogen-bond acceptors (Lipinski definition) is 3. The maximum absolute atomic E-state index is 12.7. The summed E-state index contributed by atoms with van der Waals surface area (Å²) in [7, 11) is 0. The van der Waals surface area contributed by atoms with Gasteiger partial charge in [0.05, 0.1) is 0 Å². The van der Waals surface area contributed by atoms with Crippen LogP contribution in [0.5, 0.6) is 0 Å². The lowest BCUT2D eigenvalue weighted by atomic mass is 10.0. The van der Waals surface area contributed by atoms with E-state index in [0.717, 1.165) is 31.6 Å².